The van der Waals surface area contributed by atoms with Gasteiger partial charge in [-0.1, -0.05) is 71.1 Å². The van der Waals surface area contributed by atoms with Gasteiger partial charge in [0.25, 0.3) is 0 Å². The van der Waals surface area contributed by atoms with E-state index in [9.17, 15) is 14.4 Å². The molecular formula is C19H35NO4. The Morgan fingerprint density at radius 2 is 1.38 bits per heavy atom. The van der Waals surface area contributed by atoms with Crippen molar-refractivity contribution in [2.24, 2.45) is 0 Å². The number of rotatable bonds is 17. The van der Waals surface area contributed by atoms with E-state index >= 15 is 0 Å². The van der Waals surface area contributed by atoms with Crippen LogP contribution in [-0.4, -0.2) is 29.3 Å². The van der Waals surface area contributed by atoms with Crippen molar-refractivity contribution < 1.29 is 19.5 Å². The molecule has 0 saturated heterocycles. The van der Waals surface area contributed by atoms with Crippen molar-refractivity contribution in [2.45, 2.75) is 103 Å². The molecule has 0 aromatic rings. The van der Waals surface area contributed by atoms with Crippen LogP contribution in [0.3, 0.4) is 0 Å². The van der Waals surface area contributed by atoms with Gasteiger partial charge in [-0.2, -0.15) is 0 Å². The summed E-state index contributed by atoms with van der Waals surface area (Å²) in [5.74, 6) is -1.12. The predicted octanol–water partition coefficient (Wildman–Crippen LogP) is 4.24. The molecule has 5 nitrogen and oxygen atoms in total. The van der Waals surface area contributed by atoms with Crippen molar-refractivity contribution in [3.63, 3.8) is 0 Å². The summed E-state index contributed by atoms with van der Waals surface area (Å²) in [7, 11) is 0. The Labute approximate surface area is 146 Å². The minimum atomic E-state index is -0.957. The van der Waals surface area contributed by atoms with Gasteiger partial charge in [-0.3, -0.25) is 9.59 Å². The zero-order valence-corrected chi connectivity index (χ0v) is 15.2. The van der Waals surface area contributed by atoms with Crippen LogP contribution in [0.15, 0.2) is 0 Å². The minimum absolute atomic E-state index is 0.109. The summed E-state index contributed by atoms with van der Waals surface area (Å²) in [4.78, 5) is 33.0. The van der Waals surface area contributed by atoms with Crippen LogP contribution in [0.25, 0.3) is 0 Å². The van der Waals surface area contributed by atoms with Gasteiger partial charge in [0.05, 0.1) is 6.04 Å². The number of carboxylic acid groups (broad SMARTS) is 1. The highest BCUT2D eigenvalue weighted by molar-refractivity contribution is 5.79. The van der Waals surface area contributed by atoms with E-state index in [2.05, 4.69) is 12.2 Å². The molecule has 0 spiro atoms. The summed E-state index contributed by atoms with van der Waals surface area (Å²) < 4.78 is 0. The summed E-state index contributed by atoms with van der Waals surface area (Å²) in [6, 6.07) is -0.679. The highest BCUT2D eigenvalue weighted by Crippen LogP contribution is 2.12. The van der Waals surface area contributed by atoms with Crippen LogP contribution in [0.1, 0.15) is 96.8 Å². The highest BCUT2D eigenvalue weighted by atomic mass is 16.4. The number of hydrogen-bond donors (Lipinski definition) is 2. The fourth-order valence-corrected chi connectivity index (χ4v) is 2.68. The maximum absolute atomic E-state index is 11.7. The van der Waals surface area contributed by atoms with E-state index in [0.29, 0.717) is 12.7 Å². The minimum Gasteiger partial charge on any atom is -0.481 e. The third kappa shape index (κ3) is 15.5. The first-order valence-corrected chi connectivity index (χ1v) is 9.56. The number of aliphatic carboxylic acids is 1. The lowest BCUT2D eigenvalue weighted by molar-refractivity contribution is -0.137. The predicted molar refractivity (Wildman–Crippen MR) is 95.9 cm³/mol. The van der Waals surface area contributed by atoms with Crippen LogP contribution in [0.2, 0.25) is 0 Å². The molecule has 0 radical (unpaired) electrons. The monoisotopic (exact) mass is 341 g/mol. The third-order valence-corrected chi connectivity index (χ3v) is 4.19. The average molecular weight is 341 g/mol. The summed E-state index contributed by atoms with van der Waals surface area (Å²) in [5.41, 5.74) is 0. The van der Waals surface area contributed by atoms with Gasteiger partial charge in [0.15, 0.2) is 0 Å². The SMILES string of the molecule is CCCCCCCCCCCCCC(=O)N[C@H](C=O)CCC(=O)O. The van der Waals surface area contributed by atoms with Crippen LogP contribution in [0, 0.1) is 0 Å². The normalized spacial score (nSPS) is 11.9. The molecule has 0 rings (SSSR count). The van der Waals surface area contributed by atoms with E-state index in [-0.39, 0.29) is 18.7 Å². The van der Waals surface area contributed by atoms with Crippen molar-refractivity contribution >= 4 is 18.2 Å². The standard InChI is InChI=1S/C19H35NO4/c1-2-3-4-5-6-7-8-9-10-11-12-13-18(22)20-17(16-21)14-15-19(23)24/h16-17H,2-15H2,1H3,(H,20,22)(H,23,24)/t17-/m0/s1. The van der Waals surface area contributed by atoms with E-state index in [4.69, 9.17) is 5.11 Å². The number of nitrogens with one attached hydrogen (secondary N) is 1. The fourth-order valence-electron chi connectivity index (χ4n) is 2.68. The molecule has 0 aromatic heterocycles. The van der Waals surface area contributed by atoms with Gasteiger partial charge < -0.3 is 15.2 Å². The van der Waals surface area contributed by atoms with Crippen LogP contribution in [0.5, 0.6) is 0 Å². The number of carbonyl (C=O) groups excluding carboxylic acids is 2. The first-order valence-electron chi connectivity index (χ1n) is 9.56. The molecular weight excluding hydrogens is 306 g/mol. The summed E-state index contributed by atoms with van der Waals surface area (Å²) in [6.45, 7) is 2.23. The lowest BCUT2D eigenvalue weighted by atomic mass is 10.1. The Hall–Kier alpha value is -1.39. The van der Waals surface area contributed by atoms with Crippen LogP contribution in [-0.2, 0) is 14.4 Å². The molecule has 0 aliphatic rings. The van der Waals surface area contributed by atoms with Gasteiger partial charge in [-0.05, 0) is 12.8 Å². The lowest BCUT2D eigenvalue weighted by Crippen LogP contribution is -2.36. The Morgan fingerprint density at radius 1 is 0.875 bits per heavy atom. The zero-order valence-electron chi connectivity index (χ0n) is 15.2. The van der Waals surface area contributed by atoms with Gasteiger partial charge in [-0.25, -0.2) is 0 Å². The number of carboxylic acids is 1. The van der Waals surface area contributed by atoms with Gasteiger partial charge in [0.2, 0.25) is 5.91 Å². The summed E-state index contributed by atoms with van der Waals surface area (Å²) >= 11 is 0. The third-order valence-electron chi connectivity index (χ3n) is 4.19. The molecule has 0 saturated carbocycles. The van der Waals surface area contributed by atoms with Gasteiger partial charge >= 0.3 is 5.97 Å². The number of hydrogen-bond acceptors (Lipinski definition) is 3. The van der Waals surface area contributed by atoms with Crippen molar-refractivity contribution in [1.29, 1.82) is 0 Å². The quantitative estimate of drug-likeness (QED) is 0.306. The maximum atomic E-state index is 11.7. The van der Waals surface area contributed by atoms with Crippen molar-refractivity contribution in [3.8, 4) is 0 Å². The van der Waals surface area contributed by atoms with Gasteiger partial charge in [0.1, 0.15) is 6.29 Å². The molecule has 5 heteroatoms. The van der Waals surface area contributed by atoms with Gasteiger partial charge in [0, 0.05) is 12.8 Å². The molecule has 0 unspecified atom stereocenters. The molecule has 0 aliphatic heterocycles. The zero-order chi connectivity index (χ0) is 18.0. The lowest BCUT2D eigenvalue weighted by Gasteiger charge is -2.11. The number of amides is 1. The average Bonchev–Trinajstić information content (AvgIpc) is 2.56. The molecule has 0 aromatic carbocycles. The van der Waals surface area contributed by atoms with E-state index in [1.165, 1.54) is 51.4 Å². The molecule has 0 aliphatic carbocycles. The fraction of sp³-hybridized carbons (Fsp3) is 0.842. The molecule has 0 fully saturated rings. The van der Waals surface area contributed by atoms with E-state index in [1.807, 2.05) is 0 Å². The summed E-state index contributed by atoms with van der Waals surface area (Å²) in [5, 5.41) is 11.2. The molecule has 140 valence electrons. The van der Waals surface area contributed by atoms with Crippen molar-refractivity contribution in [3.05, 3.63) is 0 Å². The Morgan fingerprint density at radius 3 is 1.83 bits per heavy atom. The number of unbranched alkanes of at least 4 members (excludes halogenated alkanes) is 10. The van der Waals surface area contributed by atoms with E-state index < -0.39 is 12.0 Å². The smallest absolute Gasteiger partial charge is 0.303 e. The highest BCUT2D eigenvalue weighted by Gasteiger charge is 2.12. The second-order valence-corrected chi connectivity index (χ2v) is 6.53. The Balaban J connectivity index is 3.45. The second kappa shape index (κ2) is 16.5. The van der Waals surface area contributed by atoms with E-state index in [1.54, 1.807) is 0 Å². The van der Waals surface area contributed by atoms with Crippen molar-refractivity contribution in [1.82, 2.24) is 5.32 Å². The first kappa shape index (κ1) is 22.6. The second-order valence-electron chi connectivity index (χ2n) is 6.53. The molecule has 0 bridgehead atoms. The number of carbonyl (C=O) groups is 3. The van der Waals surface area contributed by atoms with Gasteiger partial charge in [-0.15, -0.1) is 0 Å². The van der Waals surface area contributed by atoms with E-state index in [0.717, 1.165) is 19.3 Å². The van der Waals surface area contributed by atoms with Crippen LogP contribution >= 0.6 is 0 Å². The Bertz CT molecular complexity index is 344. The molecule has 24 heavy (non-hydrogen) atoms. The molecule has 0 heterocycles. The first-order chi connectivity index (χ1) is 11.6. The van der Waals surface area contributed by atoms with Crippen molar-refractivity contribution in [2.75, 3.05) is 0 Å². The number of aldehydes is 1. The molecule has 1 atom stereocenters. The molecule has 2 N–H and O–H groups in total. The van der Waals surface area contributed by atoms with Crippen LogP contribution in [0.4, 0.5) is 0 Å². The van der Waals surface area contributed by atoms with Crippen LogP contribution < -0.4 is 5.32 Å². The maximum Gasteiger partial charge on any atom is 0.303 e. The summed E-state index contributed by atoms with van der Waals surface area (Å²) in [6.07, 6.45) is 14.6. The Kier molecular flexibility index (Phi) is 15.5. The molecule has 1 amide bonds. The topological polar surface area (TPSA) is 83.5 Å². The largest absolute Gasteiger partial charge is 0.481 e.